The number of benzene rings is 1. The molecule has 0 spiro atoms. The highest BCUT2D eigenvalue weighted by Gasteiger charge is 2.13. The number of nitrogens with zero attached hydrogens (tertiary/aromatic N) is 1. The quantitative estimate of drug-likeness (QED) is 0.750. The minimum atomic E-state index is -0.735. The van der Waals surface area contributed by atoms with Gasteiger partial charge in [0.25, 0.3) is 0 Å². The van der Waals surface area contributed by atoms with Gasteiger partial charge in [0.05, 0.1) is 13.5 Å². The lowest BCUT2D eigenvalue weighted by molar-refractivity contribution is -0.141. The van der Waals surface area contributed by atoms with Gasteiger partial charge in [0.2, 0.25) is 5.91 Å². The molecule has 20 heavy (non-hydrogen) atoms. The zero-order chi connectivity index (χ0) is 15.1. The van der Waals surface area contributed by atoms with Gasteiger partial charge in [0, 0.05) is 26.1 Å². The number of methoxy groups -OCH3 is 1. The zero-order valence-corrected chi connectivity index (χ0v) is 11.5. The first-order valence-corrected chi connectivity index (χ1v) is 6.18. The molecule has 1 rings (SSSR count). The molecule has 4 nitrogen and oxygen atoms in total. The van der Waals surface area contributed by atoms with Crippen molar-refractivity contribution in [3.63, 3.8) is 0 Å². The topological polar surface area (TPSA) is 46.6 Å². The van der Waals surface area contributed by atoms with Crippen molar-refractivity contribution < 1.29 is 23.1 Å². The third kappa shape index (κ3) is 4.95. The van der Waals surface area contributed by atoms with Crippen LogP contribution in [-0.4, -0.2) is 37.5 Å². The third-order valence-corrected chi connectivity index (χ3v) is 2.88. The van der Waals surface area contributed by atoms with Gasteiger partial charge in [-0.25, -0.2) is 8.78 Å². The molecule has 0 N–H and O–H groups in total. The highest BCUT2D eigenvalue weighted by Crippen LogP contribution is 2.11. The van der Waals surface area contributed by atoms with Crippen molar-refractivity contribution in [1.82, 2.24) is 4.90 Å². The van der Waals surface area contributed by atoms with Gasteiger partial charge >= 0.3 is 5.97 Å². The van der Waals surface area contributed by atoms with E-state index in [0.29, 0.717) is 13.0 Å². The Balaban J connectivity index is 2.47. The van der Waals surface area contributed by atoms with Crippen molar-refractivity contribution in [3.05, 3.63) is 35.4 Å². The number of carbonyl (C=O) groups is 2. The van der Waals surface area contributed by atoms with Gasteiger partial charge in [-0.05, 0) is 18.1 Å². The Labute approximate surface area is 116 Å². The molecule has 110 valence electrons. The fourth-order valence-electron chi connectivity index (χ4n) is 1.65. The van der Waals surface area contributed by atoms with E-state index in [0.717, 1.165) is 12.1 Å². The zero-order valence-electron chi connectivity index (χ0n) is 11.5. The van der Waals surface area contributed by atoms with Gasteiger partial charge in [-0.15, -0.1) is 0 Å². The van der Waals surface area contributed by atoms with Crippen molar-refractivity contribution in [3.8, 4) is 0 Å². The number of amides is 1. The summed E-state index contributed by atoms with van der Waals surface area (Å²) >= 11 is 0. The second-order valence-electron chi connectivity index (χ2n) is 4.41. The van der Waals surface area contributed by atoms with E-state index < -0.39 is 11.6 Å². The van der Waals surface area contributed by atoms with Crippen LogP contribution in [0.1, 0.15) is 18.4 Å². The molecular formula is C14H17F2NO3. The van der Waals surface area contributed by atoms with Crippen LogP contribution in [0.4, 0.5) is 8.78 Å². The molecule has 0 aliphatic rings. The third-order valence-electron chi connectivity index (χ3n) is 2.88. The first-order chi connectivity index (χ1) is 9.43. The van der Waals surface area contributed by atoms with E-state index in [-0.39, 0.29) is 30.3 Å². The standard InChI is InChI=1S/C14H17F2NO3/c1-17(7-3-4-14(19)20-2)13(18)8-10-5-6-11(15)9-12(10)16/h5-6,9H,3-4,7-8H2,1-2H3. The number of esters is 1. The van der Waals surface area contributed by atoms with E-state index in [9.17, 15) is 18.4 Å². The average Bonchev–Trinajstić information content (AvgIpc) is 2.41. The largest absolute Gasteiger partial charge is 0.469 e. The fourth-order valence-corrected chi connectivity index (χ4v) is 1.65. The maximum atomic E-state index is 13.4. The minimum absolute atomic E-state index is 0.138. The molecule has 0 fully saturated rings. The first kappa shape index (κ1) is 16.1. The number of hydrogen-bond acceptors (Lipinski definition) is 3. The predicted molar refractivity (Wildman–Crippen MR) is 68.9 cm³/mol. The van der Waals surface area contributed by atoms with E-state index in [1.807, 2.05) is 0 Å². The molecule has 0 bridgehead atoms. The van der Waals surface area contributed by atoms with E-state index in [1.165, 1.54) is 18.1 Å². The summed E-state index contributed by atoms with van der Waals surface area (Å²) in [5, 5.41) is 0. The van der Waals surface area contributed by atoms with Gasteiger partial charge in [-0.1, -0.05) is 6.07 Å². The van der Waals surface area contributed by atoms with Crippen LogP contribution in [0.5, 0.6) is 0 Å². The normalized spacial score (nSPS) is 10.2. The van der Waals surface area contributed by atoms with Crippen LogP contribution in [0, 0.1) is 11.6 Å². The van der Waals surface area contributed by atoms with Gasteiger partial charge in [-0.3, -0.25) is 9.59 Å². The number of likely N-dealkylation sites (N-methyl/N-ethyl adjacent to an activating group) is 1. The second-order valence-corrected chi connectivity index (χ2v) is 4.41. The Bertz CT molecular complexity index is 491. The first-order valence-electron chi connectivity index (χ1n) is 6.18. The molecule has 6 heteroatoms. The van der Waals surface area contributed by atoms with Crippen molar-refractivity contribution in [2.45, 2.75) is 19.3 Å². The van der Waals surface area contributed by atoms with E-state index >= 15 is 0 Å². The van der Waals surface area contributed by atoms with Gasteiger partial charge in [0.15, 0.2) is 0 Å². The van der Waals surface area contributed by atoms with Crippen molar-refractivity contribution >= 4 is 11.9 Å². The number of halogens is 2. The Hall–Kier alpha value is -1.98. The van der Waals surface area contributed by atoms with Crippen LogP contribution >= 0.6 is 0 Å². The summed E-state index contributed by atoms with van der Waals surface area (Å²) in [7, 11) is 2.87. The van der Waals surface area contributed by atoms with Crippen LogP contribution in [0.3, 0.4) is 0 Å². The van der Waals surface area contributed by atoms with Crippen LogP contribution in [0.25, 0.3) is 0 Å². The molecule has 0 saturated heterocycles. The smallest absolute Gasteiger partial charge is 0.305 e. The minimum Gasteiger partial charge on any atom is -0.469 e. The lowest BCUT2D eigenvalue weighted by Gasteiger charge is -2.17. The molecule has 0 heterocycles. The molecule has 0 saturated carbocycles. The molecule has 0 aliphatic heterocycles. The summed E-state index contributed by atoms with van der Waals surface area (Å²) in [6.07, 6.45) is 0.556. The number of rotatable bonds is 6. The molecule has 1 amide bonds. The van der Waals surface area contributed by atoms with Crippen molar-refractivity contribution in [2.75, 3.05) is 20.7 Å². The summed E-state index contributed by atoms with van der Waals surface area (Å²) in [5.74, 6) is -2.04. The highest BCUT2D eigenvalue weighted by atomic mass is 19.1. The van der Waals surface area contributed by atoms with Crippen LogP contribution in [0.15, 0.2) is 18.2 Å². The van der Waals surface area contributed by atoms with Crippen LogP contribution in [-0.2, 0) is 20.7 Å². The number of hydrogen-bond donors (Lipinski definition) is 0. The van der Waals surface area contributed by atoms with E-state index in [2.05, 4.69) is 4.74 Å². The lowest BCUT2D eigenvalue weighted by Crippen LogP contribution is -2.29. The van der Waals surface area contributed by atoms with Crippen LogP contribution in [0.2, 0.25) is 0 Å². The molecule has 1 aromatic rings. The van der Waals surface area contributed by atoms with Gasteiger partial charge in [0.1, 0.15) is 11.6 Å². The highest BCUT2D eigenvalue weighted by molar-refractivity contribution is 5.78. The monoisotopic (exact) mass is 285 g/mol. The Morgan fingerprint density at radius 3 is 2.60 bits per heavy atom. The van der Waals surface area contributed by atoms with Gasteiger partial charge < -0.3 is 9.64 Å². The molecule has 0 unspecified atom stereocenters. The number of carbonyl (C=O) groups excluding carboxylic acids is 2. The summed E-state index contributed by atoms with van der Waals surface area (Å²) < 4.78 is 30.6. The Kier molecular flexibility index (Phi) is 6.09. The van der Waals surface area contributed by atoms with Crippen molar-refractivity contribution in [2.24, 2.45) is 0 Å². The number of ether oxygens (including phenoxy) is 1. The van der Waals surface area contributed by atoms with Crippen LogP contribution < -0.4 is 0 Å². The molecule has 0 atom stereocenters. The summed E-state index contributed by atoms with van der Waals surface area (Å²) in [4.78, 5) is 24.2. The lowest BCUT2D eigenvalue weighted by atomic mass is 10.1. The predicted octanol–water partition coefficient (Wildman–Crippen LogP) is 1.92. The SMILES string of the molecule is COC(=O)CCCN(C)C(=O)Cc1ccc(F)cc1F. The maximum absolute atomic E-state index is 13.4. The molecule has 0 aromatic heterocycles. The summed E-state index contributed by atoms with van der Waals surface area (Å²) in [6.45, 7) is 0.372. The molecule has 0 aliphatic carbocycles. The summed E-state index contributed by atoms with van der Waals surface area (Å²) in [5.41, 5.74) is 0.149. The summed E-state index contributed by atoms with van der Waals surface area (Å²) in [6, 6.07) is 3.12. The molecule has 0 radical (unpaired) electrons. The van der Waals surface area contributed by atoms with E-state index in [4.69, 9.17) is 0 Å². The molecule has 1 aromatic carbocycles. The molecular weight excluding hydrogens is 268 g/mol. The maximum Gasteiger partial charge on any atom is 0.305 e. The Morgan fingerprint density at radius 2 is 2.00 bits per heavy atom. The second kappa shape index (κ2) is 7.57. The van der Waals surface area contributed by atoms with Crippen molar-refractivity contribution in [1.29, 1.82) is 0 Å². The fraction of sp³-hybridized carbons (Fsp3) is 0.429. The van der Waals surface area contributed by atoms with E-state index in [1.54, 1.807) is 7.05 Å². The average molecular weight is 285 g/mol. The Morgan fingerprint density at radius 1 is 1.30 bits per heavy atom. The van der Waals surface area contributed by atoms with Gasteiger partial charge in [-0.2, -0.15) is 0 Å².